The zero-order chi connectivity index (χ0) is 8.81. The number of nitrogens with zero attached hydrogens (tertiary/aromatic N) is 1. The standard InChI is InChI=1S/C10H18ClN/c1-12(8-3-2-7-11)9-10-5-4-6-10/h2-3,10H,4-9H2,1H3. The van der Waals surface area contributed by atoms with Crippen LogP contribution in [0.15, 0.2) is 12.2 Å². The number of rotatable bonds is 5. The van der Waals surface area contributed by atoms with Crippen molar-refractivity contribution in [2.45, 2.75) is 19.3 Å². The predicted octanol–water partition coefficient (Wildman–Crippen LogP) is 2.51. The lowest BCUT2D eigenvalue weighted by Crippen LogP contribution is -2.29. The third kappa shape index (κ3) is 3.59. The molecule has 1 rings (SSSR count). The maximum atomic E-state index is 5.52. The summed E-state index contributed by atoms with van der Waals surface area (Å²) in [6.45, 7) is 2.30. The van der Waals surface area contributed by atoms with E-state index in [-0.39, 0.29) is 0 Å². The Bertz CT molecular complexity index is 141. The van der Waals surface area contributed by atoms with Crippen LogP contribution in [0.3, 0.4) is 0 Å². The first-order chi connectivity index (χ1) is 5.83. The summed E-state index contributed by atoms with van der Waals surface area (Å²) >= 11 is 5.52. The van der Waals surface area contributed by atoms with E-state index in [1.165, 1.54) is 25.8 Å². The van der Waals surface area contributed by atoms with Gasteiger partial charge in [-0.25, -0.2) is 0 Å². The summed E-state index contributed by atoms with van der Waals surface area (Å²) in [4.78, 5) is 2.37. The minimum Gasteiger partial charge on any atom is -0.302 e. The molecule has 1 saturated carbocycles. The van der Waals surface area contributed by atoms with Crippen molar-refractivity contribution in [2.75, 3.05) is 26.0 Å². The monoisotopic (exact) mass is 187 g/mol. The molecule has 0 aromatic carbocycles. The molecule has 0 heterocycles. The Hall–Kier alpha value is -0.0100. The Morgan fingerprint density at radius 3 is 2.67 bits per heavy atom. The number of alkyl halides is 1. The van der Waals surface area contributed by atoms with E-state index in [0.29, 0.717) is 5.88 Å². The third-order valence-corrected chi connectivity index (χ3v) is 2.65. The van der Waals surface area contributed by atoms with Gasteiger partial charge in [0.25, 0.3) is 0 Å². The Morgan fingerprint density at radius 2 is 2.17 bits per heavy atom. The van der Waals surface area contributed by atoms with E-state index in [4.69, 9.17) is 11.6 Å². The zero-order valence-electron chi connectivity index (χ0n) is 7.80. The second kappa shape index (κ2) is 5.60. The fraction of sp³-hybridized carbons (Fsp3) is 0.800. The molecule has 0 bridgehead atoms. The van der Waals surface area contributed by atoms with Crippen LogP contribution in [-0.4, -0.2) is 30.9 Å². The number of halogens is 1. The lowest BCUT2D eigenvalue weighted by Gasteiger charge is -2.29. The molecule has 1 aliphatic carbocycles. The highest BCUT2D eigenvalue weighted by molar-refractivity contribution is 6.18. The molecule has 0 radical (unpaired) electrons. The third-order valence-electron chi connectivity index (χ3n) is 2.47. The maximum absolute atomic E-state index is 5.52. The summed E-state index contributed by atoms with van der Waals surface area (Å²) in [5.41, 5.74) is 0. The van der Waals surface area contributed by atoms with Crippen LogP contribution in [0.5, 0.6) is 0 Å². The number of likely N-dealkylation sites (N-methyl/N-ethyl adjacent to an activating group) is 1. The molecular formula is C10H18ClN. The van der Waals surface area contributed by atoms with Crippen molar-refractivity contribution in [3.05, 3.63) is 12.2 Å². The van der Waals surface area contributed by atoms with Crippen LogP contribution in [0.2, 0.25) is 0 Å². The summed E-state index contributed by atoms with van der Waals surface area (Å²) in [7, 11) is 2.18. The minimum absolute atomic E-state index is 0.636. The van der Waals surface area contributed by atoms with Gasteiger partial charge in [0.1, 0.15) is 0 Å². The SMILES string of the molecule is CN(CC=CCCl)CC1CCC1. The van der Waals surface area contributed by atoms with Crippen LogP contribution in [0, 0.1) is 5.92 Å². The number of hydrogen-bond acceptors (Lipinski definition) is 1. The highest BCUT2D eigenvalue weighted by Gasteiger charge is 2.18. The van der Waals surface area contributed by atoms with Gasteiger partial charge >= 0.3 is 0 Å². The van der Waals surface area contributed by atoms with E-state index >= 15 is 0 Å². The molecule has 0 amide bonds. The molecule has 0 spiro atoms. The van der Waals surface area contributed by atoms with Gasteiger partial charge in [0.2, 0.25) is 0 Å². The molecule has 0 atom stereocenters. The van der Waals surface area contributed by atoms with E-state index in [9.17, 15) is 0 Å². The van der Waals surface area contributed by atoms with Gasteiger partial charge in [-0.3, -0.25) is 0 Å². The van der Waals surface area contributed by atoms with Crippen LogP contribution < -0.4 is 0 Å². The summed E-state index contributed by atoms with van der Waals surface area (Å²) in [6, 6.07) is 0. The van der Waals surface area contributed by atoms with Crippen LogP contribution in [0.25, 0.3) is 0 Å². The van der Waals surface area contributed by atoms with E-state index in [1.807, 2.05) is 6.08 Å². The number of hydrogen-bond donors (Lipinski definition) is 0. The fourth-order valence-electron chi connectivity index (χ4n) is 1.51. The zero-order valence-corrected chi connectivity index (χ0v) is 8.56. The summed E-state index contributed by atoms with van der Waals surface area (Å²) < 4.78 is 0. The Balaban J connectivity index is 2.02. The normalized spacial score (nSPS) is 18.9. The van der Waals surface area contributed by atoms with Gasteiger partial charge in [-0.05, 0) is 25.8 Å². The maximum Gasteiger partial charge on any atom is 0.0404 e. The van der Waals surface area contributed by atoms with E-state index in [0.717, 1.165) is 12.5 Å². The predicted molar refractivity (Wildman–Crippen MR) is 54.7 cm³/mol. The van der Waals surface area contributed by atoms with E-state index in [2.05, 4.69) is 18.0 Å². The van der Waals surface area contributed by atoms with Crippen LogP contribution in [0.1, 0.15) is 19.3 Å². The molecule has 0 aromatic heterocycles. The van der Waals surface area contributed by atoms with Gasteiger partial charge in [0.15, 0.2) is 0 Å². The van der Waals surface area contributed by atoms with E-state index in [1.54, 1.807) is 0 Å². The van der Waals surface area contributed by atoms with Crippen molar-refractivity contribution < 1.29 is 0 Å². The fourth-order valence-corrected chi connectivity index (χ4v) is 1.63. The first-order valence-electron chi connectivity index (χ1n) is 4.72. The van der Waals surface area contributed by atoms with Gasteiger partial charge in [0, 0.05) is 19.0 Å². The molecule has 12 heavy (non-hydrogen) atoms. The van der Waals surface area contributed by atoms with Crippen LogP contribution in [-0.2, 0) is 0 Å². The quantitative estimate of drug-likeness (QED) is 0.472. The first kappa shape index (κ1) is 10.1. The van der Waals surface area contributed by atoms with Crippen molar-refractivity contribution in [1.29, 1.82) is 0 Å². The van der Waals surface area contributed by atoms with Crippen molar-refractivity contribution in [3.8, 4) is 0 Å². The highest BCUT2D eigenvalue weighted by Crippen LogP contribution is 2.26. The van der Waals surface area contributed by atoms with Gasteiger partial charge in [0.05, 0.1) is 0 Å². The molecule has 2 heteroatoms. The van der Waals surface area contributed by atoms with E-state index < -0.39 is 0 Å². The van der Waals surface area contributed by atoms with Gasteiger partial charge < -0.3 is 4.90 Å². The summed E-state index contributed by atoms with van der Waals surface area (Å²) in [5, 5.41) is 0. The smallest absolute Gasteiger partial charge is 0.0404 e. The molecule has 0 aromatic rings. The van der Waals surface area contributed by atoms with Gasteiger partial charge in [-0.15, -0.1) is 11.6 Å². The Kier molecular flexibility index (Phi) is 4.70. The van der Waals surface area contributed by atoms with Crippen molar-refractivity contribution >= 4 is 11.6 Å². The minimum atomic E-state index is 0.636. The second-order valence-corrected chi connectivity index (χ2v) is 3.95. The van der Waals surface area contributed by atoms with Gasteiger partial charge in [-0.1, -0.05) is 18.6 Å². The molecule has 0 aliphatic heterocycles. The number of allylic oxidation sites excluding steroid dienone is 1. The average molecular weight is 188 g/mol. The molecule has 0 unspecified atom stereocenters. The Morgan fingerprint density at radius 1 is 1.42 bits per heavy atom. The summed E-state index contributed by atoms with van der Waals surface area (Å²) in [5.74, 6) is 1.61. The molecular weight excluding hydrogens is 170 g/mol. The lowest BCUT2D eigenvalue weighted by molar-refractivity contribution is 0.218. The van der Waals surface area contributed by atoms with Crippen molar-refractivity contribution in [1.82, 2.24) is 4.90 Å². The molecule has 70 valence electrons. The molecule has 1 aliphatic rings. The largest absolute Gasteiger partial charge is 0.302 e. The Labute approximate surface area is 80.4 Å². The average Bonchev–Trinajstić information content (AvgIpc) is 1.98. The van der Waals surface area contributed by atoms with Gasteiger partial charge in [-0.2, -0.15) is 0 Å². The lowest BCUT2D eigenvalue weighted by atomic mass is 9.85. The first-order valence-corrected chi connectivity index (χ1v) is 5.26. The molecule has 0 N–H and O–H groups in total. The molecule has 1 fully saturated rings. The molecule has 1 nitrogen and oxygen atoms in total. The van der Waals surface area contributed by atoms with Crippen LogP contribution in [0.4, 0.5) is 0 Å². The van der Waals surface area contributed by atoms with Crippen molar-refractivity contribution in [2.24, 2.45) is 5.92 Å². The highest BCUT2D eigenvalue weighted by atomic mass is 35.5. The van der Waals surface area contributed by atoms with Crippen molar-refractivity contribution in [3.63, 3.8) is 0 Å². The van der Waals surface area contributed by atoms with Crippen LogP contribution >= 0.6 is 11.6 Å². The molecule has 0 saturated heterocycles. The topological polar surface area (TPSA) is 3.24 Å². The summed E-state index contributed by atoms with van der Waals surface area (Å²) in [6.07, 6.45) is 8.47. The second-order valence-electron chi connectivity index (χ2n) is 3.64.